The highest BCUT2D eigenvalue weighted by atomic mass is 35.5. The maximum atomic E-state index is 6.75. The average molecular weight is 673 g/mol. The van der Waals surface area contributed by atoms with Crippen LogP contribution in [0, 0.1) is 0 Å². The molecule has 0 aliphatic rings. The number of hydrogen-bond donors (Lipinski definition) is 0. The topological polar surface area (TPSA) is 9.23 Å². The summed E-state index contributed by atoms with van der Waals surface area (Å²) in [6.45, 7) is 10.4. The van der Waals surface area contributed by atoms with E-state index in [9.17, 15) is 0 Å². The zero-order valence-corrected chi connectivity index (χ0v) is 34.1. The summed E-state index contributed by atoms with van der Waals surface area (Å²) in [5, 5.41) is 0. The highest BCUT2D eigenvalue weighted by molar-refractivity contribution is 4.83. The van der Waals surface area contributed by atoms with Crippen LogP contribution in [-0.4, -0.2) is 43.9 Å². The van der Waals surface area contributed by atoms with Crippen LogP contribution in [0.3, 0.4) is 0 Å². The predicted molar refractivity (Wildman–Crippen MR) is 206 cm³/mol. The molecule has 2 atom stereocenters. The molecule has 0 aromatic heterocycles. The van der Waals surface area contributed by atoms with Crippen LogP contribution in [0.15, 0.2) is 0 Å². The van der Waals surface area contributed by atoms with Gasteiger partial charge in [0.2, 0.25) is 0 Å². The fraction of sp³-hybridized carbons (Fsp3) is 1.00. The summed E-state index contributed by atoms with van der Waals surface area (Å²) in [7, 11) is 7.03. The SMILES string of the molecule is CCCCCCCCCCCCCCCCCCOC(C)(CCCCCCCCCCCCCCCCCC)C(C)[N+](C)(C)C.[Cl-]. The van der Waals surface area contributed by atoms with Gasteiger partial charge >= 0.3 is 0 Å². The maximum Gasteiger partial charge on any atom is 0.117 e. The highest BCUT2D eigenvalue weighted by Gasteiger charge is 2.39. The molecule has 0 N–H and O–H groups in total. The Kier molecular flexibility index (Phi) is 36.8. The average Bonchev–Trinajstić information content (AvgIpc) is 3.01. The molecule has 0 amide bonds. The number of likely N-dealkylation sites (N-methyl/N-ethyl adjacent to an activating group) is 1. The summed E-state index contributed by atoms with van der Waals surface area (Å²) in [4.78, 5) is 0. The summed E-state index contributed by atoms with van der Waals surface area (Å²) in [6.07, 6.45) is 46.9. The van der Waals surface area contributed by atoms with Crippen LogP contribution < -0.4 is 12.4 Å². The van der Waals surface area contributed by atoms with E-state index in [2.05, 4.69) is 48.8 Å². The Morgan fingerprint density at radius 1 is 0.413 bits per heavy atom. The molecule has 0 heterocycles. The third-order valence-corrected chi connectivity index (χ3v) is 11.0. The van der Waals surface area contributed by atoms with E-state index in [1.54, 1.807) is 0 Å². The Hall–Kier alpha value is 0.210. The van der Waals surface area contributed by atoms with Gasteiger partial charge in [-0.25, -0.2) is 0 Å². The molecule has 3 heteroatoms. The molecule has 0 radical (unpaired) electrons. The molecular weight excluding hydrogens is 582 g/mol. The predicted octanol–water partition coefficient (Wildman–Crippen LogP) is 11.8. The number of quaternary nitrogens is 1. The molecule has 0 saturated heterocycles. The molecule has 0 saturated carbocycles. The minimum absolute atomic E-state index is 0. The highest BCUT2D eigenvalue weighted by Crippen LogP contribution is 2.29. The van der Waals surface area contributed by atoms with Gasteiger partial charge in [-0.1, -0.05) is 213 Å². The monoisotopic (exact) mass is 672 g/mol. The molecule has 0 fully saturated rings. The molecule has 280 valence electrons. The van der Waals surface area contributed by atoms with Crippen LogP contribution in [0.4, 0.5) is 0 Å². The van der Waals surface area contributed by atoms with Gasteiger partial charge in [0.25, 0.3) is 0 Å². The Bertz CT molecular complexity index is 576. The van der Waals surface area contributed by atoms with Crippen molar-refractivity contribution in [1.82, 2.24) is 0 Å². The first-order chi connectivity index (χ1) is 21.8. The lowest BCUT2D eigenvalue weighted by Gasteiger charge is -2.43. The van der Waals surface area contributed by atoms with Gasteiger partial charge in [0.1, 0.15) is 11.6 Å². The van der Waals surface area contributed by atoms with Crippen molar-refractivity contribution in [1.29, 1.82) is 0 Å². The number of halogens is 1. The van der Waals surface area contributed by atoms with Crippen LogP contribution in [0.5, 0.6) is 0 Å². The van der Waals surface area contributed by atoms with Gasteiger partial charge in [0.05, 0.1) is 21.1 Å². The van der Waals surface area contributed by atoms with Crippen LogP contribution in [-0.2, 0) is 4.74 Å². The van der Waals surface area contributed by atoms with E-state index in [0.717, 1.165) is 11.1 Å². The number of ether oxygens (including phenoxy) is 1. The zero-order valence-electron chi connectivity index (χ0n) is 33.4. The summed E-state index contributed by atoms with van der Waals surface area (Å²) in [5.41, 5.74) is -0.0102. The van der Waals surface area contributed by atoms with E-state index < -0.39 is 0 Å². The molecule has 46 heavy (non-hydrogen) atoms. The van der Waals surface area contributed by atoms with Crippen LogP contribution in [0.1, 0.15) is 240 Å². The Labute approximate surface area is 299 Å². The van der Waals surface area contributed by atoms with Crippen molar-refractivity contribution in [3.05, 3.63) is 0 Å². The number of rotatable bonds is 37. The van der Waals surface area contributed by atoms with E-state index in [4.69, 9.17) is 4.74 Å². The van der Waals surface area contributed by atoms with E-state index in [0.29, 0.717) is 6.04 Å². The van der Waals surface area contributed by atoms with E-state index in [1.807, 2.05) is 0 Å². The second-order valence-electron chi connectivity index (χ2n) is 16.3. The normalized spacial score (nSPS) is 13.9. The van der Waals surface area contributed by atoms with E-state index >= 15 is 0 Å². The third kappa shape index (κ3) is 31.5. The number of nitrogens with zero attached hydrogens (tertiary/aromatic N) is 1. The quantitative estimate of drug-likeness (QED) is 0.0472. The molecule has 0 rings (SSSR count). The summed E-state index contributed by atoms with van der Waals surface area (Å²) in [6, 6.07) is 0.509. The van der Waals surface area contributed by atoms with Gasteiger partial charge in [-0.2, -0.15) is 0 Å². The van der Waals surface area contributed by atoms with Gasteiger partial charge in [0, 0.05) is 6.61 Å². The van der Waals surface area contributed by atoms with Gasteiger partial charge in [-0.3, -0.25) is 0 Å². The van der Waals surface area contributed by atoms with E-state index in [-0.39, 0.29) is 18.0 Å². The van der Waals surface area contributed by atoms with Gasteiger partial charge < -0.3 is 21.6 Å². The summed E-state index contributed by atoms with van der Waals surface area (Å²) < 4.78 is 7.73. The summed E-state index contributed by atoms with van der Waals surface area (Å²) >= 11 is 0. The molecular formula is C43H90ClNO. The van der Waals surface area contributed by atoms with Crippen molar-refractivity contribution in [3.8, 4) is 0 Å². The molecule has 0 aliphatic carbocycles. The van der Waals surface area contributed by atoms with Crippen molar-refractivity contribution < 1.29 is 21.6 Å². The first kappa shape index (κ1) is 48.3. The van der Waals surface area contributed by atoms with Crippen LogP contribution in [0.2, 0.25) is 0 Å². The number of unbranched alkanes of at least 4 members (excludes halogenated alkanes) is 30. The first-order valence-corrected chi connectivity index (χ1v) is 21.2. The Morgan fingerprint density at radius 2 is 0.652 bits per heavy atom. The second kappa shape index (κ2) is 35.1. The Morgan fingerprint density at radius 3 is 0.913 bits per heavy atom. The van der Waals surface area contributed by atoms with Gasteiger partial charge in [-0.05, 0) is 26.7 Å². The molecule has 0 bridgehead atoms. The third-order valence-electron chi connectivity index (χ3n) is 11.0. The lowest BCUT2D eigenvalue weighted by molar-refractivity contribution is -0.901. The molecule has 0 spiro atoms. The lowest BCUT2D eigenvalue weighted by Crippen LogP contribution is -3.00. The lowest BCUT2D eigenvalue weighted by atomic mass is 9.88. The molecule has 0 aromatic rings. The van der Waals surface area contributed by atoms with Crippen molar-refractivity contribution in [2.75, 3.05) is 27.7 Å². The van der Waals surface area contributed by atoms with Crippen LogP contribution in [0.25, 0.3) is 0 Å². The van der Waals surface area contributed by atoms with Crippen molar-refractivity contribution in [3.63, 3.8) is 0 Å². The number of hydrogen-bond acceptors (Lipinski definition) is 1. The van der Waals surface area contributed by atoms with Crippen molar-refractivity contribution in [2.45, 2.75) is 251 Å². The fourth-order valence-corrected chi connectivity index (χ4v) is 7.20. The van der Waals surface area contributed by atoms with Crippen molar-refractivity contribution in [2.24, 2.45) is 0 Å². The van der Waals surface area contributed by atoms with Crippen molar-refractivity contribution >= 4 is 0 Å². The largest absolute Gasteiger partial charge is 1.00 e. The smallest absolute Gasteiger partial charge is 0.117 e. The first-order valence-electron chi connectivity index (χ1n) is 21.2. The fourth-order valence-electron chi connectivity index (χ4n) is 7.20. The van der Waals surface area contributed by atoms with E-state index in [1.165, 1.54) is 212 Å². The Balaban J connectivity index is 0. The molecule has 0 aromatic carbocycles. The minimum atomic E-state index is -0.0102. The molecule has 2 unspecified atom stereocenters. The summed E-state index contributed by atoms with van der Waals surface area (Å²) in [5.74, 6) is 0. The second-order valence-corrected chi connectivity index (χ2v) is 16.3. The molecule has 2 nitrogen and oxygen atoms in total. The van der Waals surface area contributed by atoms with Crippen LogP contribution >= 0.6 is 0 Å². The van der Waals surface area contributed by atoms with Gasteiger partial charge in [0.15, 0.2) is 0 Å². The van der Waals surface area contributed by atoms with Gasteiger partial charge in [-0.15, -0.1) is 0 Å². The zero-order chi connectivity index (χ0) is 33.3. The standard InChI is InChI=1S/C43H90NO.ClH/c1-8-10-12-14-16-18-20-22-24-26-28-30-32-34-36-38-40-43(4,42(3)44(5,6)7)45-41-39-37-35-33-31-29-27-25-23-21-19-17-15-13-11-9-2;/h42H,8-41H2,1-7H3;1H/q+1;/p-1. The molecule has 0 aliphatic heterocycles. The minimum Gasteiger partial charge on any atom is -1.00 e. The maximum absolute atomic E-state index is 6.75.